The fourth-order valence-electron chi connectivity index (χ4n) is 4.89. The highest BCUT2D eigenvalue weighted by Crippen LogP contribution is 2.43. The Labute approximate surface area is 229 Å². The van der Waals surface area contributed by atoms with Crippen molar-refractivity contribution < 1.29 is 23.8 Å². The van der Waals surface area contributed by atoms with Crippen molar-refractivity contribution in [2.75, 3.05) is 24.6 Å². The first kappa shape index (κ1) is 24.9. The summed E-state index contributed by atoms with van der Waals surface area (Å²) in [5.41, 5.74) is 3.58. The van der Waals surface area contributed by atoms with Crippen LogP contribution in [0.1, 0.15) is 22.9 Å². The molecule has 4 aromatic rings. The minimum absolute atomic E-state index is 0.110. The topological polar surface area (TPSA) is 94.9 Å². The molecule has 10 heteroatoms. The van der Waals surface area contributed by atoms with Crippen LogP contribution in [0.2, 0.25) is 0 Å². The summed E-state index contributed by atoms with van der Waals surface area (Å²) in [5, 5.41) is 8.61. The van der Waals surface area contributed by atoms with Crippen molar-refractivity contribution in [2.24, 2.45) is 0 Å². The molecule has 0 fully saturated rings. The minimum atomic E-state index is -0.963. The largest absolute Gasteiger partial charge is 0.496 e. The van der Waals surface area contributed by atoms with Gasteiger partial charge in [-0.25, -0.2) is 4.68 Å². The molecular formula is C29H26N4O5S. The Bertz CT molecular complexity index is 1550. The van der Waals surface area contributed by atoms with Gasteiger partial charge in [0.25, 0.3) is 0 Å². The highest BCUT2D eigenvalue weighted by Gasteiger charge is 2.41. The van der Waals surface area contributed by atoms with Gasteiger partial charge in [0.05, 0.1) is 24.2 Å². The highest BCUT2D eigenvalue weighted by atomic mass is 32.2. The fraction of sp³-hybridized carbons (Fsp3) is 0.207. The number of ether oxygens (including phenoxy) is 3. The molecule has 3 heterocycles. The van der Waals surface area contributed by atoms with Crippen molar-refractivity contribution in [3.8, 4) is 22.9 Å². The number of rotatable bonds is 6. The van der Waals surface area contributed by atoms with Crippen LogP contribution in [0, 0.1) is 6.92 Å². The fourth-order valence-corrected chi connectivity index (χ4v) is 5.98. The number of amides is 2. The smallest absolute Gasteiger partial charge is 0.248 e. The van der Waals surface area contributed by atoms with Crippen LogP contribution in [0.4, 0.5) is 5.69 Å². The third-order valence-electron chi connectivity index (χ3n) is 6.72. The highest BCUT2D eigenvalue weighted by molar-refractivity contribution is 8.00. The van der Waals surface area contributed by atoms with E-state index in [1.54, 1.807) is 30.2 Å². The number of fused-ring (bicyclic) bond motifs is 2. The van der Waals surface area contributed by atoms with Crippen LogP contribution in [-0.2, 0) is 16.1 Å². The quantitative estimate of drug-likeness (QED) is 0.386. The lowest BCUT2D eigenvalue weighted by Gasteiger charge is -2.30. The van der Waals surface area contributed by atoms with Gasteiger partial charge in [0.1, 0.15) is 16.8 Å². The number of hydrogen-bond acceptors (Lipinski definition) is 7. The number of benzene rings is 3. The Balaban J connectivity index is 1.45. The third-order valence-corrected chi connectivity index (χ3v) is 7.78. The van der Waals surface area contributed by atoms with Gasteiger partial charge in [-0.1, -0.05) is 48.2 Å². The van der Waals surface area contributed by atoms with E-state index in [4.69, 9.17) is 19.3 Å². The lowest BCUT2D eigenvalue weighted by atomic mass is 10.0. The van der Waals surface area contributed by atoms with Crippen LogP contribution in [0.15, 0.2) is 77.8 Å². The summed E-state index contributed by atoms with van der Waals surface area (Å²) >= 11 is 1.38. The first-order chi connectivity index (χ1) is 19.0. The van der Waals surface area contributed by atoms with Gasteiger partial charge in [0.15, 0.2) is 11.5 Å². The minimum Gasteiger partial charge on any atom is -0.496 e. The van der Waals surface area contributed by atoms with Crippen molar-refractivity contribution in [1.82, 2.24) is 15.1 Å². The molecule has 1 atom stereocenters. The Hall–Kier alpha value is -4.44. The van der Waals surface area contributed by atoms with Crippen LogP contribution < -0.4 is 24.4 Å². The van der Waals surface area contributed by atoms with Crippen LogP contribution in [-0.4, -0.2) is 41.3 Å². The molecule has 9 nitrogen and oxygen atoms in total. The van der Waals surface area contributed by atoms with E-state index in [-0.39, 0.29) is 30.9 Å². The molecule has 1 N–H and O–H groups in total. The summed E-state index contributed by atoms with van der Waals surface area (Å²) in [6.07, 6.45) is 0. The molecule has 0 aliphatic carbocycles. The molecule has 6 rings (SSSR count). The number of nitrogens with one attached hydrogen (secondary N) is 1. The van der Waals surface area contributed by atoms with Crippen molar-refractivity contribution >= 4 is 29.3 Å². The maximum Gasteiger partial charge on any atom is 0.248 e. The van der Waals surface area contributed by atoms with E-state index in [9.17, 15) is 9.59 Å². The number of hydrogen-bond donors (Lipinski definition) is 1. The van der Waals surface area contributed by atoms with E-state index in [0.717, 1.165) is 16.3 Å². The Morgan fingerprint density at radius 3 is 2.64 bits per heavy atom. The van der Waals surface area contributed by atoms with Crippen molar-refractivity contribution in [3.63, 3.8) is 0 Å². The standard InChI is InChI=1S/C29H26N4O5S/c1-18-26-27(28(35)30-15-19-8-6-7-11-22(19)36-2)32(21-12-13-23-24(14-21)38-17-37-23)25(34)16-39-29(26)33(31-18)20-9-4-3-5-10-20/h3-14,27H,15-17H2,1-2H3,(H,30,35)/t27-/m1/s1. The van der Waals surface area contributed by atoms with Crippen molar-refractivity contribution in [3.05, 3.63) is 89.6 Å². The number of para-hydroxylation sites is 2. The normalized spacial score (nSPS) is 16.0. The van der Waals surface area contributed by atoms with Gasteiger partial charge in [0, 0.05) is 29.4 Å². The number of nitrogens with zero attached hydrogens (tertiary/aromatic N) is 3. The van der Waals surface area contributed by atoms with Crippen LogP contribution in [0.25, 0.3) is 5.69 Å². The van der Waals surface area contributed by atoms with Crippen LogP contribution in [0.5, 0.6) is 17.2 Å². The second-order valence-electron chi connectivity index (χ2n) is 9.07. The molecule has 198 valence electrons. The average molecular weight is 543 g/mol. The molecule has 0 unspecified atom stereocenters. The molecular weight excluding hydrogens is 516 g/mol. The number of aryl methyl sites for hydroxylation is 1. The zero-order chi connectivity index (χ0) is 26.9. The summed E-state index contributed by atoms with van der Waals surface area (Å²) in [6.45, 7) is 2.21. The molecule has 2 amide bonds. The van der Waals surface area contributed by atoms with Gasteiger partial charge in [-0.2, -0.15) is 5.10 Å². The van der Waals surface area contributed by atoms with Gasteiger partial charge < -0.3 is 19.5 Å². The molecule has 0 spiro atoms. The van der Waals surface area contributed by atoms with Crippen LogP contribution >= 0.6 is 11.8 Å². The van der Waals surface area contributed by atoms with E-state index in [1.807, 2.05) is 66.2 Å². The lowest BCUT2D eigenvalue weighted by molar-refractivity contribution is -0.126. The molecule has 3 aromatic carbocycles. The predicted molar refractivity (Wildman–Crippen MR) is 147 cm³/mol. The van der Waals surface area contributed by atoms with Gasteiger partial charge in [0.2, 0.25) is 18.6 Å². The van der Waals surface area contributed by atoms with E-state index >= 15 is 0 Å². The Kier molecular flexibility index (Phi) is 6.62. The first-order valence-corrected chi connectivity index (χ1v) is 13.4. The molecule has 0 bridgehead atoms. The molecule has 2 aliphatic heterocycles. The van der Waals surface area contributed by atoms with E-state index in [2.05, 4.69) is 5.32 Å². The first-order valence-electron chi connectivity index (χ1n) is 12.4. The summed E-state index contributed by atoms with van der Waals surface area (Å²) in [5.74, 6) is 1.41. The van der Waals surface area contributed by atoms with Gasteiger partial charge in [-0.15, -0.1) is 0 Å². The zero-order valence-corrected chi connectivity index (χ0v) is 22.2. The molecule has 2 aliphatic rings. The summed E-state index contributed by atoms with van der Waals surface area (Å²) in [7, 11) is 1.59. The van der Waals surface area contributed by atoms with Crippen LogP contribution in [0.3, 0.4) is 0 Å². The number of aromatic nitrogens is 2. The van der Waals surface area contributed by atoms with E-state index in [1.165, 1.54) is 11.8 Å². The number of thioether (sulfide) groups is 1. The number of methoxy groups -OCH3 is 1. The monoisotopic (exact) mass is 542 g/mol. The summed E-state index contributed by atoms with van der Waals surface area (Å²) in [6, 6.07) is 21.5. The van der Waals surface area contributed by atoms with Gasteiger partial charge >= 0.3 is 0 Å². The maximum absolute atomic E-state index is 14.1. The van der Waals surface area contributed by atoms with Gasteiger partial charge in [-0.3, -0.25) is 14.5 Å². The number of carbonyl (C=O) groups excluding carboxylic acids is 2. The Morgan fingerprint density at radius 1 is 1.05 bits per heavy atom. The molecule has 1 aromatic heterocycles. The molecule has 39 heavy (non-hydrogen) atoms. The maximum atomic E-state index is 14.1. The second kappa shape index (κ2) is 10.4. The van der Waals surface area contributed by atoms with E-state index in [0.29, 0.717) is 34.2 Å². The van der Waals surface area contributed by atoms with Crippen molar-refractivity contribution in [1.29, 1.82) is 0 Å². The predicted octanol–water partition coefficient (Wildman–Crippen LogP) is 4.41. The third kappa shape index (κ3) is 4.57. The SMILES string of the molecule is COc1ccccc1CNC(=O)[C@H]1c2c(C)nn(-c3ccccc3)c2SCC(=O)N1c1ccc2c(c1)OCO2. The number of carbonyl (C=O) groups is 2. The average Bonchev–Trinajstić information content (AvgIpc) is 3.53. The van der Waals surface area contributed by atoms with Crippen molar-refractivity contribution in [2.45, 2.75) is 24.5 Å². The Morgan fingerprint density at radius 2 is 1.82 bits per heavy atom. The van der Waals surface area contributed by atoms with E-state index < -0.39 is 6.04 Å². The summed E-state index contributed by atoms with van der Waals surface area (Å²) < 4.78 is 18.3. The molecule has 0 saturated heterocycles. The molecule has 0 saturated carbocycles. The number of anilines is 1. The van der Waals surface area contributed by atoms with Gasteiger partial charge in [-0.05, 0) is 37.3 Å². The second-order valence-corrected chi connectivity index (χ2v) is 10.0. The lowest BCUT2D eigenvalue weighted by Crippen LogP contribution is -2.44. The zero-order valence-electron chi connectivity index (χ0n) is 21.4. The summed E-state index contributed by atoms with van der Waals surface area (Å²) in [4.78, 5) is 29.4. The molecule has 0 radical (unpaired) electrons.